The molecule has 17 heavy (non-hydrogen) atoms. The van der Waals surface area contributed by atoms with E-state index in [1.807, 2.05) is 18.2 Å². The van der Waals surface area contributed by atoms with E-state index in [1.54, 1.807) is 0 Å². The van der Waals surface area contributed by atoms with Crippen molar-refractivity contribution in [3.8, 4) is 0 Å². The van der Waals surface area contributed by atoms with Gasteiger partial charge in [0, 0.05) is 12.5 Å². The summed E-state index contributed by atoms with van der Waals surface area (Å²) in [5, 5.41) is 12.0. The van der Waals surface area contributed by atoms with Gasteiger partial charge in [-0.2, -0.15) is 0 Å². The van der Waals surface area contributed by atoms with E-state index >= 15 is 0 Å². The molecule has 0 aromatic heterocycles. The summed E-state index contributed by atoms with van der Waals surface area (Å²) in [6.45, 7) is 2.93. The second kappa shape index (κ2) is 7.85. The van der Waals surface area contributed by atoms with E-state index in [9.17, 15) is 4.79 Å². The van der Waals surface area contributed by atoms with Crippen LogP contribution in [0, 0.1) is 0 Å². The first-order valence-corrected chi connectivity index (χ1v) is 6.21. The van der Waals surface area contributed by atoms with Crippen LogP contribution in [0.1, 0.15) is 31.7 Å². The Kier molecular flexibility index (Phi) is 6.33. The first kappa shape index (κ1) is 13.7. The molecule has 0 saturated heterocycles. The van der Waals surface area contributed by atoms with Gasteiger partial charge in [-0.15, -0.1) is 0 Å². The first-order chi connectivity index (χ1) is 8.22. The van der Waals surface area contributed by atoms with Gasteiger partial charge in [-0.05, 0) is 31.4 Å². The van der Waals surface area contributed by atoms with Gasteiger partial charge in [0.05, 0.1) is 0 Å². The molecule has 2 N–H and O–H groups in total. The van der Waals surface area contributed by atoms with Crippen molar-refractivity contribution in [3.05, 3.63) is 35.9 Å². The van der Waals surface area contributed by atoms with E-state index < -0.39 is 5.97 Å². The number of rotatable bonds is 8. The number of carboxylic acids is 1. The number of nitrogens with one attached hydrogen (secondary N) is 1. The van der Waals surface area contributed by atoms with Crippen molar-refractivity contribution >= 4 is 5.97 Å². The minimum absolute atomic E-state index is 0.245. The summed E-state index contributed by atoms with van der Waals surface area (Å²) in [6, 6.07) is 10.8. The molecule has 1 aromatic rings. The van der Waals surface area contributed by atoms with Crippen LogP contribution in [0.3, 0.4) is 0 Å². The molecule has 0 aliphatic rings. The highest BCUT2D eigenvalue weighted by atomic mass is 16.4. The molecule has 1 atom stereocenters. The molecule has 0 amide bonds. The lowest BCUT2D eigenvalue weighted by molar-refractivity contribution is -0.137. The lowest BCUT2D eigenvalue weighted by atomic mass is 10.0. The fraction of sp³-hybridized carbons (Fsp3) is 0.500. The molecular formula is C14H21NO2. The van der Waals surface area contributed by atoms with Gasteiger partial charge in [-0.1, -0.05) is 37.3 Å². The number of benzene rings is 1. The Hall–Kier alpha value is -1.35. The number of aliphatic carboxylic acids is 1. The summed E-state index contributed by atoms with van der Waals surface area (Å²) >= 11 is 0. The van der Waals surface area contributed by atoms with Gasteiger partial charge < -0.3 is 10.4 Å². The Bertz CT molecular complexity index is 324. The van der Waals surface area contributed by atoms with Crippen LogP contribution >= 0.6 is 0 Å². The smallest absolute Gasteiger partial charge is 0.303 e. The summed E-state index contributed by atoms with van der Waals surface area (Å²) in [4.78, 5) is 10.4. The van der Waals surface area contributed by atoms with E-state index in [0.717, 1.165) is 19.4 Å². The van der Waals surface area contributed by atoms with Crippen molar-refractivity contribution in [2.75, 3.05) is 6.54 Å². The summed E-state index contributed by atoms with van der Waals surface area (Å²) in [6.07, 6.45) is 3.00. The lowest BCUT2D eigenvalue weighted by Crippen LogP contribution is -2.31. The average molecular weight is 235 g/mol. The second-order valence-electron chi connectivity index (χ2n) is 4.25. The van der Waals surface area contributed by atoms with Crippen LogP contribution in [0.5, 0.6) is 0 Å². The highest BCUT2D eigenvalue weighted by molar-refractivity contribution is 5.66. The molecule has 1 aromatic carbocycles. The molecule has 0 heterocycles. The Morgan fingerprint density at radius 1 is 1.35 bits per heavy atom. The summed E-state index contributed by atoms with van der Waals surface area (Å²) < 4.78 is 0. The zero-order chi connectivity index (χ0) is 12.5. The third-order valence-corrected chi connectivity index (χ3v) is 2.82. The van der Waals surface area contributed by atoms with E-state index in [0.29, 0.717) is 12.5 Å². The van der Waals surface area contributed by atoms with Crippen molar-refractivity contribution in [2.24, 2.45) is 0 Å². The van der Waals surface area contributed by atoms with Gasteiger partial charge in [-0.25, -0.2) is 0 Å². The molecule has 1 unspecified atom stereocenters. The normalized spacial score (nSPS) is 12.3. The van der Waals surface area contributed by atoms with Crippen LogP contribution in [-0.2, 0) is 11.2 Å². The molecule has 1 rings (SSSR count). The number of hydrogen-bond acceptors (Lipinski definition) is 2. The Balaban J connectivity index is 2.27. The Morgan fingerprint density at radius 2 is 2.06 bits per heavy atom. The summed E-state index contributed by atoms with van der Waals surface area (Å²) in [7, 11) is 0. The average Bonchev–Trinajstić information content (AvgIpc) is 2.34. The third-order valence-electron chi connectivity index (χ3n) is 2.82. The molecule has 0 aliphatic carbocycles. The van der Waals surface area contributed by atoms with Crippen molar-refractivity contribution in [1.82, 2.24) is 5.32 Å². The van der Waals surface area contributed by atoms with Crippen LogP contribution in [0.4, 0.5) is 0 Å². The van der Waals surface area contributed by atoms with E-state index in [4.69, 9.17) is 5.11 Å². The second-order valence-corrected chi connectivity index (χ2v) is 4.25. The molecule has 0 fully saturated rings. The molecule has 0 saturated carbocycles. The highest BCUT2D eigenvalue weighted by Gasteiger charge is 2.06. The molecule has 0 spiro atoms. The fourth-order valence-corrected chi connectivity index (χ4v) is 1.81. The predicted molar refractivity (Wildman–Crippen MR) is 69.1 cm³/mol. The fourth-order valence-electron chi connectivity index (χ4n) is 1.81. The van der Waals surface area contributed by atoms with Crippen molar-refractivity contribution in [3.63, 3.8) is 0 Å². The van der Waals surface area contributed by atoms with E-state index in [2.05, 4.69) is 24.4 Å². The molecule has 0 aliphatic heterocycles. The standard InChI is InChI=1S/C14H21NO2/c1-2-13(15-10-6-9-14(16)17)11-12-7-4-3-5-8-12/h3-5,7-8,13,15H,2,6,9-11H2,1H3,(H,16,17). The van der Waals surface area contributed by atoms with Crippen LogP contribution in [0.15, 0.2) is 30.3 Å². The van der Waals surface area contributed by atoms with E-state index in [1.165, 1.54) is 5.56 Å². The van der Waals surface area contributed by atoms with Gasteiger partial charge in [0.15, 0.2) is 0 Å². The van der Waals surface area contributed by atoms with Gasteiger partial charge in [0.2, 0.25) is 0 Å². The first-order valence-electron chi connectivity index (χ1n) is 6.21. The topological polar surface area (TPSA) is 49.3 Å². The largest absolute Gasteiger partial charge is 0.481 e. The molecule has 0 bridgehead atoms. The predicted octanol–water partition coefficient (Wildman–Crippen LogP) is 2.46. The SMILES string of the molecule is CCC(Cc1ccccc1)NCCCC(=O)O. The number of carboxylic acid groups (broad SMARTS) is 1. The van der Waals surface area contributed by atoms with Crippen molar-refractivity contribution in [2.45, 2.75) is 38.6 Å². The van der Waals surface area contributed by atoms with Crippen LogP contribution in [-0.4, -0.2) is 23.7 Å². The van der Waals surface area contributed by atoms with Crippen molar-refractivity contribution < 1.29 is 9.90 Å². The van der Waals surface area contributed by atoms with Crippen molar-refractivity contribution in [1.29, 1.82) is 0 Å². The Labute approximate surface area is 103 Å². The quantitative estimate of drug-likeness (QED) is 0.680. The Morgan fingerprint density at radius 3 is 2.65 bits per heavy atom. The monoisotopic (exact) mass is 235 g/mol. The molecular weight excluding hydrogens is 214 g/mol. The molecule has 3 heteroatoms. The molecule has 3 nitrogen and oxygen atoms in total. The minimum atomic E-state index is -0.720. The minimum Gasteiger partial charge on any atom is -0.481 e. The highest BCUT2D eigenvalue weighted by Crippen LogP contribution is 2.05. The van der Waals surface area contributed by atoms with Crippen LogP contribution in [0.25, 0.3) is 0 Å². The maximum Gasteiger partial charge on any atom is 0.303 e. The van der Waals surface area contributed by atoms with E-state index in [-0.39, 0.29) is 6.42 Å². The maximum atomic E-state index is 10.4. The summed E-state index contributed by atoms with van der Waals surface area (Å²) in [5.74, 6) is -0.720. The lowest BCUT2D eigenvalue weighted by Gasteiger charge is -2.16. The van der Waals surface area contributed by atoms with Crippen LogP contribution < -0.4 is 5.32 Å². The molecule has 94 valence electrons. The summed E-state index contributed by atoms with van der Waals surface area (Å²) in [5.41, 5.74) is 1.32. The van der Waals surface area contributed by atoms with Gasteiger partial charge >= 0.3 is 5.97 Å². The van der Waals surface area contributed by atoms with Gasteiger partial charge in [-0.3, -0.25) is 4.79 Å². The zero-order valence-electron chi connectivity index (χ0n) is 10.4. The van der Waals surface area contributed by atoms with Gasteiger partial charge in [0.1, 0.15) is 0 Å². The molecule has 0 radical (unpaired) electrons. The van der Waals surface area contributed by atoms with Crippen LogP contribution in [0.2, 0.25) is 0 Å². The number of carbonyl (C=O) groups is 1. The van der Waals surface area contributed by atoms with Gasteiger partial charge in [0.25, 0.3) is 0 Å². The third kappa shape index (κ3) is 6.07. The maximum absolute atomic E-state index is 10.4. The number of hydrogen-bond donors (Lipinski definition) is 2. The zero-order valence-corrected chi connectivity index (χ0v) is 10.4.